The molecule has 4 amide bonds. The van der Waals surface area contributed by atoms with Crippen molar-refractivity contribution in [1.29, 1.82) is 0 Å². The van der Waals surface area contributed by atoms with Crippen molar-refractivity contribution >= 4 is 23.5 Å². The average Bonchev–Trinajstić information content (AvgIpc) is 2.35. The number of rotatable bonds is 5. The standard InChI is InChI=1S/C13H18N4O3/c1-8(2)16-11(18)7-15-12(19)9-3-5-10(6-4-9)17-13(14)20/h3-6,8H,7H2,1-2H3,(H,15,19)(H,16,18)(H3,14,17,20). The SMILES string of the molecule is CC(C)NC(=O)CNC(=O)c1ccc(NC(N)=O)cc1. The van der Waals surface area contributed by atoms with E-state index in [0.717, 1.165) is 0 Å². The average molecular weight is 278 g/mol. The second kappa shape index (κ2) is 7.13. The predicted octanol–water partition coefficient (Wildman–Crippen LogP) is 0.432. The van der Waals surface area contributed by atoms with E-state index in [0.29, 0.717) is 11.3 Å². The summed E-state index contributed by atoms with van der Waals surface area (Å²) in [7, 11) is 0. The van der Waals surface area contributed by atoms with Crippen LogP contribution in [0.3, 0.4) is 0 Å². The molecule has 0 saturated heterocycles. The first kappa shape index (κ1) is 15.5. The molecule has 20 heavy (non-hydrogen) atoms. The lowest BCUT2D eigenvalue weighted by Crippen LogP contribution is -2.39. The summed E-state index contributed by atoms with van der Waals surface area (Å²) in [6.45, 7) is 3.59. The number of nitrogens with one attached hydrogen (secondary N) is 3. The van der Waals surface area contributed by atoms with E-state index in [-0.39, 0.29) is 24.4 Å². The normalized spacial score (nSPS) is 9.95. The maximum Gasteiger partial charge on any atom is 0.316 e. The van der Waals surface area contributed by atoms with Crippen molar-refractivity contribution in [2.24, 2.45) is 5.73 Å². The van der Waals surface area contributed by atoms with Crippen LogP contribution in [0.4, 0.5) is 10.5 Å². The van der Waals surface area contributed by atoms with Gasteiger partial charge in [0.15, 0.2) is 0 Å². The fraction of sp³-hybridized carbons (Fsp3) is 0.308. The highest BCUT2D eigenvalue weighted by atomic mass is 16.2. The van der Waals surface area contributed by atoms with Crippen LogP contribution < -0.4 is 21.7 Å². The molecule has 0 spiro atoms. The van der Waals surface area contributed by atoms with E-state index in [1.54, 1.807) is 12.1 Å². The minimum atomic E-state index is -0.674. The molecule has 7 nitrogen and oxygen atoms in total. The Labute approximate surface area is 116 Å². The summed E-state index contributed by atoms with van der Waals surface area (Å²) in [5.74, 6) is -0.616. The number of anilines is 1. The van der Waals surface area contributed by atoms with Crippen molar-refractivity contribution in [3.05, 3.63) is 29.8 Å². The molecular weight excluding hydrogens is 260 g/mol. The first-order valence-corrected chi connectivity index (χ1v) is 6.12. The predicted molar refractivity (Wildman–Crippen MR) is 75.3 cm³/mol. The number of primary amides is 1. The zero-order chi connectivity index (χ0) is 15.1. The second-order valence-corrected chi connectivity index (χ2v) is 4.47. The lowest BCUT2D eigenvalue weighted by molar-refractivity contribution is -0.120. The van der Waals surface area contributed by atoms with Crippen LogP contribution >= 0.6 is 0 Å². The molecule has 0 heterocycles. The molecular formula is C13H18N4O3. The number of hydrogen-bond donors (Lipinski definition) is 4. The third-order valence-corrected chi connectivity index (χ3v) is 2.27. The van der Waals surface area contributed by atoms with Gasteiger partial charge < -0.3 is 21.7 Å². The minimum Gasteiger partial charge on any atom is -0.352 e. The smallest absolute Gasteiger partial charge is 0.316 e. The Kier molecular flexibility index (Phi) is 5.52. The minimum absolute atomic E-state index is 0.0264. The molecule has 7 heteroatoms. The van der Waals surface area contributed by atoms with Gasteiger partial charge in [0.05, 0.1) is 6.54 Å². The van der Waals surface area contributed by atoms with Gasteiger partial charge >= 0.3 is 6.03 Å². The summed E-state index contributed by atoms with van der Waals surface area (Å²) in [5.41, 5.74) is 5.85. The highest BCUT2D eigenvalue weighted by Crippen LogP contribution is 2.08. The molecule has 0 bridgehead atoms. The molecule has 0 unspecified atom stereocenters. The molecule has 0 aliphatic rings. The zero-order valence-electron chi connectivity index (χ0n) is 11.4. The number of amides is 4. The van der Waals surface area contributed by atoms with Crippen molar-refractivity contribution < 1.29 is 14.4 Å². The van der Waals surface area contributed by atoms with Crippen molar-refractivity contribution in [3.8, 4) is 0 Å². The van der Waals surface area contributed by atoms with E-state index in [9.17, 15) is 14.4 Å². The Balaban J connectivity index is 2.51. The van der Waals surface area contributed by atoms with E-state index < -0.39 is 6.03 Å². The molecule has 1 aromatic carbocycles. The van der Waals surface area contributed by atoms with E-state index in [4.69, 9.17) is 5.73 Å². The number of carbonyl (C=O) groups excluding carboxylic acids is 3. The summed E-state index contributed by atoms with van der Waals surface area (Å²) in [6.07, 6.45) is 0. The Morgan fingerprint density at radius 2 is 1.75 bits per heavy atom. The Morgan fingerprint density at radius 3 is 2.25 bits per heavy atom. The second-order valence-electron chi connectivity index (χ2n) is 4.47. The molecule has 5 N–H and O–H groups in total. The van der Waals surface area contributed by atoms with Gasteiger partial charge in [-0.25, -0.2) is 4.79 Å². The lowest BCUT2D eigenvalue weighted by atomic mass is 10.2. The van der Waals surface area contributed by atoms with Crippen molar-refractivity contribution in [3.63, 3.8) is 0 Å². The van der Waals surface area contributed by atoms with Crippen LogP contribution in [-0.4, -0.2) is 30.4 Å². The van der Waals surface area contributed by atoms with Crippen LogP contribution in [0.25, 0.3) is 0 Å². The number of benzene rings is 1. The number of carbonyl (C=O) groups is 3. The first-order valence-electron chi connectivity index (χ1n) is 6.12. The van der Waals surface area contributed by atoms with Crippen molar-refractivity contribution in [2.45, 2.75) is 19.9 Å². The van der Waals surface area contributed by atoms with Gasteiger partial charge in [-0.2, -0.15) is 0 Å². The van der Waals surface area contributed by atoms with Crippen LogP contribution in [-0.2, 0) is 4.79 Å². The summed E-state index contributed by atoms with van der Waals surface area (Å²) in [6, 6.07) is 5.51. The molecule has 0 aliphatic heterocycles. The monoisotopic (exact) mass is 278 g/mol. The van der Waals surface area contributed by atoms with Crippen LogP contribution in [0.1, 0.15) is 24.2 Å². The molecule has 108 valence electrons. The van der Waals surface area contributed by atoms with Crippen molar-refractivity contribution in [2.75, 3.05) is 11.9 Å². The molecule has 1 rings (SSSR count). The van der Waals surface area contributed by atoms with Gasteiger partial charge in [0.25, 0.3) is 5.91 Å². The molecule has 0 aliphatic carbocycles. The molecule has 0 fully saturated rings. The number of nitrogens with two attached hydrogens (primary N) is 1. The van der Waals surface area contributed by atoms with E-state index in [2.05, 4.69) is 16.0 Å². The van der Waals surface area contributed by atoms with E-state index in [1.165, 1.54) is 12.1 Å². The van der Waals surface area contributed by atoms with Crippen LogP contribution in [0.2, 0.25) is 0 Å². The number of urea groups is 1. The molecule has 0 radical (unpaired) electrons. The lowest BCUT2D eigenvalue weighted by Gasteiger charge is -2.09. The van der Waals surface area contributed by atoms with Crippen LogP contribution in [0.5, 0.6) is 0 Å². The Morgan fingerprint density at radius 1 is 1.15 bits per heavy atom. The molecule has 1 aromatic rings. The van der Waals surface area contributed by atoms with Crippen molar-refractivity contribution in [1.82, 2.24) is 10.6 Å². The highest BCUT2D eigenvalue weighted by Gasteiger charge is 2.08. The highest BCUT2D eigenvalue weighted by molar-refractivity contribution is 5.97. The van der Waals surface area contributed by atoms with E-state index >= 15 is 0 Å². The molecule has 0 aromatic heterocycles. The third-order valence-electron chi connectivity index (χ3n) is 2.27. The summed E-state index contributed by atoms with van der Waals surface area (Å²) in [4.78, 5) is 33.8. The topological polar surface area (TPSA) is 113 Å². The summed E-state index contributed by atoms with van der Waals surface area (Å²) in [5, 5.41) is 7.55. The maximum atomic E-state index is 11.8. The number of hydrogen-bond acceptors (Lipinski definition) is 3. The van der Waals surface area contributed by atoms with Crippen LogP contribution in [0.15, 0.2) is 24.3 Å². The first-order chi connectivity index (χ1) is 9.38. The van der Waals surface area contributed by atoms with Gasteiger partial charge in [0.2, 0.25) is 5.91 Å². The quantitative estimate of drug-likeness (QED) is 0.626. The van der Waals surface area contributed by atoms with E-state index in [1.807, 2.05) is 13.8 Å². The summed E-state index contributed by atoms with van der Waals surface area (Å²) >= 11 is 0. The Bertz CT molecular complexity index is 497. The van der Waals surface area contributed by atoms with Gasteiger partial charge in [0, 0.05) is 17.3 Å². The molecule has 0 saturated carbocycles. The maximum absolute atomic E-state index is 11.8. The molecule has 0 atom stereocenters. The Hall–Kier alpha value is -2.57. The largest absolute Gasteiger partial charge is 0.352 e. The van der Waals surface area contributed by atoms with Gasteiger partial charge in [-0.05, 0) is 38.1 Å². The van der Waals surface area contributed by atoms with Gasteiger partial charge in [0.1, 0.15) is 0 Å². The zero-order valence-corrected chi connectivity index (χ0v) is 11.4. The van der Waals surface area contributed by atoms with Gasteiger partial charge in [-0.1, -0.05) is 0 Å². The van der Waals surface area contributed by atoms with Gasteiger partial charge in [-0.15, -0.1) is 0 Å². The van der Waals surface area contributed by atoms with Crippen LogP contribution in [0, 0.1) is 0 Å². The summed E-state index contributed by atoms with van der Waals surface area (Å²) < 4.78 is 0. The third kappa shape index (κ3) is 5.38. The van der Waals surface area contributed by atoms with Gasteiger partial charge in [-0.3, -0.25) is 9.59 Å². The fourth-order valence-corrected chi connectivity index (χ4v) is 1.48. The fourth-order valence-electron chi connectivity index (χ4n) is 1.48.